The van der Waals surface area contributed by atoms with E-state index in [0.717, 1.165) is 6.04 Å². The first-order valence-corrected chi connectivity index (χ1v) is 4.01. The fraction of sp³-hybridized carbons (Fsp3) is 0.444. The molecule has 58 valence electrons. The highest BCUT2D eigenvalue weighted by atomic mass is 15.2. The van der Waals surface area contributed by atoms with Crippen LogP contribution in [-0.2, 0) is 0 Å². The van der Waals surface area contributed by atoms with Crippen molar-refractivity contribution in [3.8, 4) is 0 Å². The predicted molar refractivity (Wildman–Crippen MR) is 45.7 cm³/mol. The molecule has 1 aromatic rings. The molecule has 0 N–H and O–H groups in total. The number of rotatable bonds is 2. The average Bonchev–Trinajstić information content (AvgIpc) is 2.87. The van der Waals surface area contributed by atoms with Crippen molar-refractivity contribution in [3.05, 3.63) is 24.5 Å². The monoisotopic (exact) mass is 148 g/mol. The molecule has 1 saturated carbocycles. The van der Waals surface area contributed by atoms with E-state index in [-0.39, 0.29) is 0 Å². The van der Waals surface area contributed by atoms with Gasteiger partial charge in [0.2, 0.25) is 0 Å². The van der Waals surface area contributed by atoms with Crippen molar-refractivity contribution in [2.24, 2.45) is 0 Å². The summed E-state index contributed by atoms with van der Waals surface area (Å²) in [5.41, 5.74) is 1.23. The molecule has 0 saturated heterocycles. The Hall–Kier alpha value is -1.05. The van der Waals surface area contributed by atoms with Crippen LogP contribution >= 0.6 is 0 Å². The maximum absolute atomic E-state index is 4.07. The molecule has 1 heterocycles. The minimum absolute atomic E-state index is 0.777. The van der Waals surface area contributed by atoms with E-state index in [1.807, 2.05) is 18.5 Å². The smallest absolute Gasteiger partial charge is 0.0552 e. The van der Waals surface area contributed by atoms with Crippen molar-refractivity contribution >= 4 is 5.69 Å². The van der Waals surface area contributed by atoms with Crippen molar-refractivity contribution in [2.75, 3.05) is 11.9 Å². The molecule has 2 rings (SSSR count). The second kappa shape index (κ2) is 2.53. The molecule has 0 amide bonds. The summed E-state index contributed by atoms with van der Waals surface area (Å²) in [7, 11) is 2.13. The van der Waals surface area contributed by atoms with Crippen molar-refractivity contribution in [2.45, 2.75) is 18.9 Å². The molecule has 1 aromatic heterocycles. The lowest BCUT2D eigenvalue weighted by atomic mass is 10.4. The highest BCUT2D eigenvalue weighted by Crippen LogP contribution is 2.29. The second-order valence-electron chi connectivity index (χ2n) is 3.05. The van der Waals surface area contributed by atoms with E-state index >= 15 is 0 Å². The SMILES string of the molecule is CN(c1cccnc1)C1CC1. The van der Waals surface area contributed by atoms with Crippen LogP contribution in [0.15, 0.2) is 24.5 Å². The van der Waals surface area contributed by atoms with E-state index in [1.54, 1.807) is 0 Å². The summed E-state index contributed by atoms with van der Waals surface area (Å²) in [6.45, 7) is 0. The first-order chi connectivity index (χ1) is 5.38. The largest absolute Gasteiger partial charge is 0.370 e. The van der Waals surface area contributed by atoms with Gasteiger partial charge < -0.3 is 4.90 Å². The number of nitrogens with zero attached hydrogens (tertiary/aromatic N) is 2. The lowest BCUT2D eigenvalue weighted by Gasteiger charge is -2.17. The molecule has 0 spiro atoms. The number of anilines is 1. The Bertz CT molecular complexity index is 229. The van der Waals surface area contributed by atoms with E-state index in [4.69, 9.17) is 0 Å². The van der Waals surface area contributed by atoms with Gasteiger partial charge in [0.15, 0.2) is 0 Å². The molecule has 0 unspecified atom stereocenters. The van der Waals surface area contributed by atoms with Gasteiger partial charge in [0, 0.05) is 19.3 Å². The molecule has 1 aliphatic rings. The lowest BCUT2D eigenvalue weighted by molar-refractivity contribution is 0.912. The first-order valence-electron chi connectivity index (χ1n) is 4.01. The molecule has 2 nitrogen and oxygen atoms in total. The van der Waals surface area contributed by atoms with Gasteiger partial charge in [-0.15, -0.1) is 0 Å². The number of hydrogen-bond donors (Lipinski definition) is 0. The third-order valence-corrected chi connectivity index (χ3v) is 2.15. The molecule has 11 heavy (non-hydrogen) atoms. The van der Waals surface area contributed by atoms with Crippen molar-refractivity contribution in [1.29, 1.82) is 0 Å². The Morgan fingerprint density at radius 1 is 1.55 bits per heavy atom. The van der Waals surface area contributed by atoms with Crippen LogP contribution in [-0.4, -0.2) is 18.1 Å². The molecule has 0 bridgehead atoms. The quantitative estimate of drug-likeness (QED) is 0.634. The summed E-state index contributed by atoms with van der Waals surface area (Å²) >= 11 is 0. The topological polar surface area (TPSA) is 16.1 Å². The van der Waals surface area contributed by atoms with Crippen LogP contribution < -0.4 is 4.90 Å². The van der Waals surface area contributed by atoms with Gasteiger partial charge in [-0.2, -0.15) is 0 Å². The summed E-state index contributed by atoms with van der Waals surface area (Å²) in [4.78, 5) is 6.37. The average molecular weight is 148 g/mol. The summed E-state index contributed by atoms with van der Waals surface area (Å²) in [5.74, 6) is 0. The summed E-state index contributed by atoms with van der Waals surface area (Å²) in [6.07, 6.45) is 6.40. The molecule has 1 fully saturated rings. The molecular formula is C9H12N2. The minimum Gasteiger partial charge on any atom is -0.370 e. The Morgan fingerprint density at radius 2 is 2.36 bits per heavy atom. The Labute approximate surface area is 66.9 Å². The molecule has 1 aliphatic carbocycles. The number of aromatic nitrogens is 1. The Kier molecular flexibility index (Phi) is 1.53. The van der Waals surface area contributed by atoms with E-state index in [2.05, 4.69) is 23.0 Å². The van der Waals surface area contributed by atoms with Crippen LogP contribution in [0.4, 0.5) is 5.69 Å². The van der Waals surface area contributed by atoms with Crippen LogP contribution in [0.1, 0.15) is 12.8 Å². The van der Waals surface area contributed by atoms with Crippen LogP contribution in [0.2, 0.25) is 0 Å². The third kappa shape index (κ3) is 1.34. The van der Waals surface area contributed by atoms with Crippen LogP contribution in [0.25, 0.3) is 0 Å². The van der Waals surface area contributed by atoms with Gasteiger partial charge in [0.25, 0.3) is 0 Å². The zero-order chi connectivity index (χ0) is 7.68. The highest BCUT2D eigenvalue weighted by molar-refractivity contribution is 5.44. The number of pyridine rings is 1. The molecule has 0 radical (unpaired) electrons. The van der Waals surface area contributed by atoms with E-state index in [1.165, 1.54) is 18.5 Å². The van der Waals surface area contributed by atoms with Crippen LogP contribution in [0, 0.1) is 0 Å². The third-order valence-electron chi connectivity index (χ3n) is 2.15. The zero-order valence-corrected chi connectivity index (χ0v) is 6.70. The normalized spacial score (nSPS) is 16.5. The van der Waals surface area contributed by atoms with Gasteiger partial charge in [-0.25, -0.2) is 0 Å². The zero-order valence-electron chi connectivity index (χ0n) is 6.70. The van der Waals surface area contributed by atoms with Gasteiger partial charge in [-0.1, -0.05) is 0 Å². The molecule has 0 aliphatic heterocycles. The fourth-order valence-corrected chi connectivity index (χ4v) is 1.24. The van der Waals surface area contributed by atoms with Crippen LogP contribution in [0.5, 0.6) is 0 Å². The maximum Gasteiger partial charge on any atom is 0.0552 e. The molecule has 0 aromatic carbocycles. The van der Waals surface area contributed by atoms with E-state index in [9.17, 15) is 0 Å². The maximum atomic E-state index is 4.07. The van der Waals surface area contributed by atoms with Gasteiger partial charge in [-0.3, -0.25) is 4.98 Å². The van der Waals surface area contributed by atoms with Crippen molar-refractivity contribution in [1.82, 2.24) is 4.98 Å². The van der Waals surface area contributed by atoms with Gasteiger partial charge in [0.1, 0.15) is 0 Å². The molecular weight excluding hydrogens is 136 g/mol. The second-order valence-corrected chi connectivity index (χ2v) is 3.05. The van der Waals surface area contributed by atoms with Gasteiger partial charge in [-0.05, 0) is 25.0 Å². The van der Waals surface area contributed by atoms with E-state index in [0.29, 0.717) is 0 Å². The lowest BCUT2D eigenvalue weighted by Crippen LogP contribution is -2.19. The highest BCUT2D eigenvalue weighted by Gasteiger charge is 2.26. The Balaban J connectivity index is 2.15. The fourth-order valence-electron chi connectivity index (χ4n) is 1.24. The van der Waals surface area contributed by atoms with Gasteiger partial charge >= 0.3 is 0 Å². The minimum atomic E-state index is 0.777. The standard InChI is InChI=1S/C9H12N2/c1-11(8-4-5-8)9-3-2-6-10-7-9/h2-3,6-8H,4-5H2,1H3. The van der Waals surface area contributed by atoms with Crippen LogP contribution in [0.3, 0.4) is 0 Å². The van der Waals surface area contributed by atoms with Gasteiger partial charge in [0.05, 0.1) is 11.9 Å². The predicted octanol–water partition coefficient (Wildman–Crippen LogP) is 1.68. The summed E-state index contributed by atoms with van der Waals surface area (Å²) < 4.78 is 0. The van der Waals surface area contributed by atoms with Crippen molar-refractivity contribution in [3.63, 3.8) is 0 Å². The summed E-state index contributed by atoms with van der Waals surface area (Å²) in [5, 5.41) is 0. The Morgan fingerprint density at radius 3 is 2.91 bits per heavy atom. The molecule has 0 atom stereocenters. The first kappa shape index (κ1) is 6.65. The van der Waals surface area contributed by atoms with Crippen molar-refractivity contribution < 1.29 is 0 Å². The number of hydrogen-bond acceptors (Lipinski definition) is 2. The van der Waals surface area contributed by atoms with E-state index < -0.39 is 0 Å². The molecule has 2 heteroatoms. The summed E-state index contributed by atoms with van der Waals surface area (Å²) in [6, 6.07) is 4.86.